The van der Waals surface area contributed by atoms with Crippen LogP contribution in [0.25, 0.3) is 0 Å². The van der Waals surface area contributed by atoms with E-state index in [4.69, 9.17) is 0 Å². The topological polar surface area (TPSA) is 63.5 Å². The second kappa shape index (κ2) is 6.20. The molecule has 21 heavy (non-hydrogen) atoms. The fourth-order valence-corrected chi connectivity index (χ4v) is 2.93. The molecule has 1 aliphatic carbocycles. The van der Waals surface area contributed by atoms with Crippen LogP contribution in [0.1, 0.15) is 49.9 Å². The van der Waals surface area contributed by atoms with Crippen LogP contribution in [0.4, 0.5) is 10.1 Å². The van der Waals surface area contributed by atoms with Gasteiger partial charge in [0, 0.05) is 18.2 Å². The van der Waals surface area contributed by atoms with E-state index in [9.17, 15) is 19.3 Å². The molecule has 1 aliphatic rings. The number of carbonyl (C=O) groups excluding carboxylic acids is 1. The number of non-ortho nitro benzene ring substituents is 1. The smallest absolute Gasteiger partial charge is 0.272 e. The summed E-state index contributed by atoms with van der Waals surface area (Å²) < 4.78 is 14.0. The first-order chi connectivity index (χ1) is 9.91. The third-order valence-corrected chi connectivity index (χ3v) is 3.90. The van der Waals surface area contributed by atoms with Crippen LogP contribution in [0, 0.1) is 15.9 Å². The summed E-state index contributed by atoms with van der Waals surface area (Å²) in [5.74, 6) is -1.22. The van der Waals surface area contributed by atoms with Crippen molar-refractivity contribution >= 4 is 11.6 Å². The van der Waals surface area contributed by atoms with Gasteiger partial charge >= 0.3 is 0 Å². The van der Waals surface area contributed by atoms with E-state index in [1.165, 1.54) is 12.1 Å². The second-order valence-corrected chi connectivity index (χ2v) is 5.67. The summed E-state index contributed by atoms with van der Waals surface area (Å²) in [7, 11) is 0. The Morgan fingerprint density at radius 1 is 1.38 bits per heavy atom. The fourth-order valence-electron chi connectivity index (χ4n) is 2.93. The summed E-state index contributed by atoms with van der Waals surface area (Å²) in [6.07, 6.45) is 4.00. The molecule has 1 aromatic carbocycles. The maximum Gasteiger partial charge on any atom is 0.272 e. The molecule has 114 valence electrons. The molecule has 2 rings (SSSR count). The van der Waals surface area contributed by atoms with E-state index in [0.717, 1.165) is 31.7 Å². The average molecular weight is 294 g/mol. The molecule has 0 saturated heterocycles. The number of carbonyl (C=O) groups is 1. The van der Waals surface area contributed by atoms with Gasteiger partial charge in [0.1, 0.15) is 5.82 Å². The summed E-state index contributed by atoms with van der Waals surface area (Å²) in [5, 5.41) is 10.6. The maximum absolute atomic E-state index is 14.0. The number of nitrogens with zero attached hydrogens (tertiary/aromatic N) is 2. The Labute approximate surface area is 122 Å². The van der Waals surface area contributed by atoms with Gasteiger partial charge in [-0.2, -0.15) is 0 Å². The van der Waals surface area contributed by atoms with E-state index >= 15 is 0 Å². The van der Waals surface area contributed by atoms with Gasteiger partial charge in [0.25, 0.3) is 11.6 Å². The van der Waals surface area contributed by atoms with Crippen LogP contribution >= 0.6 is 0 Å². The quantitative estimate of drug-likeness (QED) is 0.630. The molecule has 0 N–H and O–H groups in total. The summed E-state index contributed by atoms with van der Waals surface area (Å²) in [4.78, 5) is 24.3. The van der Waals surface area contributed by atoms with Crippen molar-refractivity contribution in [2.75, 3.05) is 0 Å². The average Bonchev–Trinajstić information content (AvgIpc) is 2.91. The fraction of sp³-hybridized carbons (Fsp3) is 0.533. The molecule has 1 saturated carbocycles. The highest BCUT2D eigenvalue weighted by molar-refractivity contribution is 5.95. The molecular formula is C15H19FN2O3. The molecule has 0 aliphatic heterocycles. The van der Waals surface area contributed by atoms with Crippen molar-refractivity contribution in [1.29, 1.82) is 0 Å². The zero-order chi connectivity index (χ0) is 15.6. The minimum atomic E-state index is -0.835. The van der Waals surface area contributed by atoms with E-state index < -0.39 is 10.7 Å². The van der Waals surface area contributed by atoms with Gasteiger partial charge in [0.2, 0.25) is 0 Å². The van der Waals surface area contributed by atoms with Gasteiger partial charge < -0.3 is 4.90 Å². The predicted molar refractivity (Wildman–Crippen MR) is 76.6 cm³/mol. The second-order valence-electron chi connectivity index (χ2n) is 5.67. The molecule has 1 fully saturated rings. The first-order valence-corrected chi connectivity index (χ1v) is 7.18. The molecule has 0 atom stereocenters. The molecule has 1 amide bonds. The number of benzene rings is 1. The highest BCUT2D eigenvalue weighted by Crippen LogP contribution is 2.28. The molecule has 0 unspecified atom stereocenters. The number of nitro benzene ring substituents is 1. The Morgan fingerprint density at radius 2 is 2.00 bits per heavy atom. The van der Waals surface area contributed by atoms with E-state index in [2.05, 4.69) is 0 Å². The minimum absolute atomic E-state index is 0.0322. The molecule has 0 bridgehead atoms. The highest BCUT2D eigenvalue weighted by Gasteiger charge is 2.31. The number of hydrogen-bond acceptors (Lipinski definition) is 3. The molecule has 0 aromatic heterocycles. The predicted octanol–water partition coefficient (Wildman–Crippen LogP) is 3.53. The van der Waals surface area contributed by atoms with Gasteiger partial charge in [-0.15, -0.1) is 0 Å². The van der Waals surface area contributed by atoms with Crippen molar-refractivity contribution in [3.8, 4) is 0 Å². The van der Waals surface area contributed by atoms with Gasteiger partial charge in [0.15, 0.2) is 0 Å². The van der Waals surface area contributed by atoms with Crippen molar-refractivity contribution < 1.29 is 14.1 Å². The normalized spacial score (nSPS) is 15.4. The van der Waals surface area contributed by atoms with Crippen LogP contribution in [0.2, 0.25) is 0 Å². The largest absolute Gasteiger partial charge is 0.333 e. The van der Waals surface area contributed by atoms with Crippen LogP contribution in [0.3, 0.4) is 0 Å². The number of hydrogen-bond donors (Lipinski definition) is 0. The third-order valence-electron chi connectivity index (χ3n) is 3.90. The molecule has 1 aromatic rings. The summed E-state index contributed by atoms with van der Waals surface area (Å²) in [6.45, 7) is 3.80. The summed E-state index contributed by atoms with van der Waals surface area (Å²) in [5.41, 5.74) is -0.442. The molecule has 0 heterocycles. The van der Waals surface area contributed by atoms with Gasteiger partial charge in [-0.1, -0.05) is 12.8 Å². The van der Waals surface area contributed by atoms with Crippen molar-refractivity contribution in [3.63, 3.8) is 0 Å². The van der Waals surface area contributed by atoms with E-state index in [0.29, 0.717) is 0 Å². The van der Waals surface area contributed by atoms with E-state index in [-0.39, 0.29) is 29.2 Å². The molecule has 0 spiro atoms. The molecule has 5 nitrogen and oxygen atoms in total. The zero-order valence-corrected chi connectivity index (χ0v) is 12.2. The van der Waals surface area contributed by atoms with Crippen molar-refractivity contribution in [1.82, 2.24) is 4.90 Å². The highest BCUT2D eigenvalue weighted by atomic mass is 19.1. The summed E-state index contributed by atoms with van der Waals surface area (Å²) in [6, 6.07) is 3.28. The van der Waals surface area contributed by atoms with Gasteiger partial charge in [-0.3, -0.25) is 14.9 Å². The Balaban J connectivity index is 2.30. The molecule has 6 heteroatoms. The number of amides is 1. The van der Waals surface area contributed by atoms with Crippen molar-refractivity contribution in [2.24, 2.45) is 0 Å². The zero-order valence-electron chi connectivity index (χ0n) is 12.2. The Kier molecular flexibility index (Phi) is 4.55. The summed E-state index contributed by atoms with van der Waals surface area (Å²) >= 11 is 0. The number of nitro groups is 1. The monoisotopic (exact) mass is 294 g/mol. The van der Waals surface area contributed by atoms with Crippen molar-refractivity contribution in [3.05, 3.63) is 39.7 Å². The van der Waals surface area contributed by atoms with Crippen molar-refractivity contribution in [2.45, 2.75) is 51.6 Å². The lowest BCUT2D eigenvalue weighted by Gasteiger charge is -2.33. The minimum Gasteiger partial charge on any atom is -0.333 e. The van der Waals surface area contributed by atoms with E-state index in [1.807, 2.05) is 13.8 Å². The van der Waals surface area contributed by atoms with Crippen LogP contribution in [-0.2, 0) is 0 Å². The van der Waals surface area contributed by atoms with Crippen LogP contribution in [0.15, 0.2) is 18.2 Å². The van der Waals surface area contributed by atoms with E-state index in [1.54, 1.807) is 4.90 Å². The first kappa shape index (κ1) is 15.4. The number of halogens is 1. The lowest BCUT2D eigenvalue weighted by Crippen LogP contribution is -2.44. The van der Waals surface area contributed by atoms with Crippen LogP contribution in [0.5, 0.6) is 0 Å². The lowest BCUT2D eigenvalue weighted by atomic mass is 10.1. The maximum atomic E-state index is 14.0. The Morgan fingerprint density at radius 3 is 2.48 bits per heavy atom. The molecular weight excluding hydrogens is 275 g/mol. The SMILES string of the molecule is CC(C)N(C(=O)c1ccc([N+](=O)[O-])cc1F)C1CCCC1. The van der Waals surface area contributed by atoms with Crippen LogP contribution < -0.4 is 0 Å². The third kappa shape index (κ3) is 3.20. The Hall–Kier alpha value is -1.98. The Bertz CT molecular complexity index is 554. The lowest BCUT2D eigenvalue weighted by molar-refractivity contribution is -0.385. The first-order valence-electron chi connectivity index (χ1n) is 7.18. The molecule has 0 radical (unpaired) electrons. The van der Waals surface area contributed by atoms with Gasteiger partial charge in [-0.25, -0.2) is 4.39 Å². The number of rotatable bonds is 4. The van der Waals surface area contributed by atoms with Crippen LogP contribution in [-0.4, -0.2) is 27.8 Å². The van der Waals surface area contributed by atoms with Gasteiger partial charge in [-0.05, 0) is 32.8 Å². The standard InChI is InChI=1S/C15H19FN2O3/c1-10(2)17(11-5-3-4-6-11)15(19)13-8-7-12(18(20)21)9-14(13)16/h7-11H,3-6H2,1-2H3. The van der Waals surface area contributed by atoms with Gasteiger partial charge in [0.05, 0.1) is 16.6 Å².